The van der Waals surface area contributed by atoms with E-state index < -0.39 is 0 Å². The number of hydrogen-bond acceptors (Lipinski definition) is 2. The molecule has 0 aliphatic heterocycles. The maximum atomic E-state index is 12.8. The van der Waals surface area contributed by atoms with Crippen molar-refractivity contribution < 1.29 is 4.79 Å². The SMILES string of the molecule is Cc1cc(C)n(Cc2ccc(C(=O)Nc3ccc(C45CC6CC(CC(C6)C4)C5)cc3)cc2)n1. The summed E-state index contributed by atoms with van der Waals surface area (Å²) in [6, 6.07) is 18.7. The predicted octanol–water partition coefficient (Wildman–Crippen LogP) is 6.27. The Morgan fingerprint density at radius 1 is 0.939 bits per heavy atom. The van der Waals surface area contributed by atoms with E-state index in [0.29, 0.717) is 17.5 Å². The van der Waals surface area contributed by atoms with Gasteiger partial charge in [-0.25, -0.2) is 0 Å². The van der Waals surface area contributed by atoms with Crippen LogP contribution in [-0.4, -0.2) is 15.7 Å². The van der Waals surface area contributed by atoms with E-state index in [9.17, 15) is 4.79 Å². The standard InChI is InChI=1S/C29H33N3O/c1-19-11-20(2)32(31-19)18-21-3-5-25(6-4-21)28(33)30-27-9-7-26(8-10-27)29-15-22-12-23(16-29)14-24(13-22)17-29/h3-11,22-24H,12-18H2,1-2H3,(H,30,33). The molecule has 1 amide bonds. The van der Waals surface area contributed by atoms with E-state index in [2.05, 4.69) is 47.7 Å². The fourth-order valence-corrected chi connectivity index (χ4v) is 7.34. The second-order valence-electron chi connectivity index (χ2n) is 11.0. The van der Waals surface area contributed by atoms with Crippen LogP contribution in [0.3, 0.4) is 0 Å². The van der Waals surface area contributed by atoms with Crippen LogP contribution in [0.2, 0.25) is 0 Å². The molecule has 33 heavy (non-hydrogen) atoms. The summed E-state index contributed by atoms with van der Waals surface area (Å²) in [7, 11) is 0. The maximum Gasteiger partial charge on any atom is 0.255 e. The van der Waals surface area contributed by atoms with Crippen LogP contribution in [-0.2, 0) is 12.0 Å². The van der Waals surface area contributed by atoms with Crippen LogP contribution in [0.1, 0.15) is 71.4 Å². The van der Waals surface area contributed by atoms with E-state index in [1.54, 1.807) is 0 Å². The van der Waals surface area contributed by atoms with Crippen LogP contribution < -0.4 is 5.32 Å². The molecule has 170 valence electrons. The van der Waals surface area contributed by atoms with E-state index in [0.717, 1.165) is 40.4 Å². The Morgan fingerprint density at radius 3 is 2.09 bits per heavy atom. The van der Waals surface area contributed by atoms with Crippen LogP contribution in [0.25, 0.3) is 0 Å². The number of rotatable bonds is 5. The highest BCUT2D eigenvalue weighted by molar-refractivity contribution is 6.04. The van der Waals surface area contributed by atoms with Crippen molar-refractivity contribution in [2.45, 2.75) is 64.3 Å². The molecule has 1 aromatic heterocycles. The summed E-state index contributed by atoms with van der Waals surface area (Å²) in [4.78, 5) is 12.8. The summed E-state index contributed by atoms with van der Waals surface area (Å²) in [5.74, 6) is 2.77. The first kappa shape index (κ1) is 20.7. The van der Waals surface area contributed by atoms with E-state index in [1.807, 2.05) is 35.9 Å². The summed E-state index contributed by atoms with van der Waals surface area (Å²) < 4.78 is 2.00. The molecule has 4 nitrogen and oxygen atoms in total. The third kappa shape index (κ3) is 3.90. The molecule has 0 atom stereocenters. The molecule has 4 saturated carbocycles. The lowest BCUT2D eigenvalue weighted by Gasteiger charge is -2.57. The summed E-state index contributed by atoms with van der Waals surface area (Å²) >= 11 is 0. The van der Waals surface area contributed by atoms with Crippen LogP contribution in [0.5, 0.6) is 0 Å². The Kier molecular flexibility index (Phi) is 4.93. The largest absolute Gasteiger partial charge is 0.322 e. The fraction of sp³-hybridized carbons (Fsp3) is 0.448. The first-order valence-corrected chi connectivity index (χ1v) is 12.5. The highest BCUT2D eigenvalue weighted by atomic mass is 16.1. The number of nitrogens with zero attached hydrogens (tertiary/aromatic N) is 2. The van der Waals surface area contributed by atoms with Crippen molar-refractivity contribution in [1.82, 2.24) is 9.78 Å². The molecule has 2 aromatic carbocycles. The van der Waals surface area contributed by atoms with Gasteiger partial charge in [-0.05, 0) is 117 Å². The van der Waals surface area contributed by atoms with Gasteiger partial charge < -0.3 is 5.32 Å². The van der Waals surface area contributed by atoms with E-state index in [1.165, 1.54) is 44.1 Å². The first-order chi connectivity index (χ1) is 16.0. The summed E-state index contributed by atoms with van der Waals surface area (Å²) in [6.45, 7) is 4.79. The Bertz CT molecular complexity index is 1140. The van der Waals surface area contributed by atoms with E-state index in [-0.39, 0.29) is 5.91 Å². The number of nitrogens with one attached hydrogen (secondary N) is 1. The minimum Gasteiger partial charge on any atom is -0.322 e. The van der Waals surface area contributed by atoms with Crippen molar-refractivity contribution in [3.05, 3.63) is 82.7 Å². The van der Waals surface area contributed by atoms with Gasteiger partial charge in [-0.3, -0.25) is 9.48 Å². The van der Waals surface area contributed by atoms with Crippen molar-refractivity contribution >= 4 is 11.6 Å². The topological polar surface area (TPSA) is 46.9 Å². The Balaban J connectivity index is 1.12. The van der Waals surface area contributed by atoms with Gasteiger partial charge in [-0.1, -0.05) is 24.3 Å². The second kappa shape index (κ2) is 7.86. The number of carbonyl (C=O) groups excluding carboxylic acids is 1. The lowest BCUT2D eigenvalue weighted by molar-refractivity contribution is -0.00518. The molecule has 4 bridgehead atoms. The Hall–Kier alpha value is -2.88. The minimum atomic E-state index is -0.0600. The van der Waals surface area contributed by atoms with E-state index >= 15 is 0 Å². The normalized spacial score (nSPS) is 27.6. The van der Waals surface area contributed by atoms with Gasteiger partial charge in [0.1, 0.15) is 0 Å². The molecule has 0 saturated heterocycles. The average molecular weight is 440 g/mol. The van der Waals surface area contributed by atoms with Gasteiger partial charge in [0.15, 0.2) is 0 Å². The molecule has 0 radical (unpaired) electrons. The fourth-order valence-electron chi connectivity index (χ4n) is 7.34. The smallest absolute Gasteiger partial charge is 0.255 e. The van der Waals surface area contributed by atoms with Crippen molar-refractivity contribution in [2.75, 3.05) is 5.32 Å². The number of aromatic nitrogens is 2. The molecule has 1 heterocycles. The summed E-state index contributed by atoms with van der Waals surface area (Å²) in [5.41, 5.74) is 6.76. The van der Waals surface area contributed by atoms with Gasteiger partial charge in [0.25, 0.3) is 5.91 Å². The van der Waals surface area contributed by atoms with Gasteiger partial charge in [-0.2, -0.15) is 5.10 Å². The van der Waals surface area contributed by atoms with Crippen LogP contribution in [0.15, 0.2) is 54.6 Å². The van der Waals surface area contributed by atoms with Crippen molar-refractivity contribution in [3.8, 4) is 0 Å². The number of aryl methyl sites for hydroxylation is 2. The maximum absolute atomic E-state index is 12.8. The molecule has 3 aromatic rings. The van der Waals surface area contributed by atoms with Crippen LogP contribution >= 0.6 is 0 Å². The Morgan fingerprint density at radius 2 is 1.55 bits per heavy atom. The van der Waals surface area contributed by atoms with Crippen LogP contribution in [0, 0.1) is 31.6 Å². The molecular weight excluding hydrogens is 406 g/mol. The average Bonchev–Trinajstić information content (AvgIpc) is 3.10. The number of benzene rings is 2. The molecule has 1 N–H and O–H groups in total. The molecule has 0 unspecified atom stereocenters. The van der Waals surface area contributed by atoms with Gasteiger partial charge in [0.2, 0.25) is 0 Å². The van der Waals surface area contributed by atoms with Gasteiger partial charge in [0.05, 0.1) is 12.2 Å². The molecular formula is C29H33N3O. The zero-order valence-electron chi connectivity index (χ0n) is 19.7. The lowest BCUT2D eigenvalue weighted by Crippen LogP contribution is -2.48. The molecule has 0 spiro atoms. The first-order valence-electron chi connectivity index (χ1n) is 12.5. The molecule has 7 rings (SSSR count). The second-order valence-corrected chi connectivity index (χ2v) is 11.0. The molecule has 4 aliphatic carbocycles. The number of carbonyl (C=O) groups is 1. The third-order valence-corrected chi connectivity index (χ3v) is 8.45. The molecule has 4 aliphatic rings. The van der Waals surface area contributed by atoms with Crippen molar-refractivity contribution in [2.24, 2.45) is 17.8 Å². The molecule has 4 heteroatoms. The molecule has 4 fully saturated rings. The van der Waals surface area contributed by atoms with Crippen molar-refractivity contribution in [3.63, 3.8) is 0 Å². The van der Waals surface area contributed by atoms with E-state index in [4.69, 9.17) is 0 Å². The highest BCUT2D eigenvalue weighted by Crippen LogP contribution is 2.60. The monoisotopic (exact) mass is 439 g/mol. The third-order valence-electron chi connectivity index (χ3n) is 8.45. The Labute approximate surface area is 196 Å². The zero-order valence-corrected chi connectivity index (χ0v) is 19.7. The number of anilines is 1. The summed E-state index contributed by atoms with van der Waals surface area (Å²) in [5, 5.41) is 7.61. The number of amides is 1. The quantitative estimate of drug-likeness (QED) is 0.509. The van der Waals surface area contributed by atoms with Gasteiger partial charge >= 0.3 is 0 Å². The highest BCUT2D eigenvalue weighted by Gasteiger charge is 2.51. The summed E-state index contributed by atoms with van der Waals surface area (Å²) in [6.07, 6.45) is 8.51. The lowest BCUT2D eigenvalue weighted by atomic mass is 9.48. The van der Waals surface area contributed by atoms with Gasteiger partial charge in [0, 0.05) is 16.9 Å². The van der Waals surface area contributed by atoms with Crippen molar-refractivity contribution in [1.29, 1.82) is 0 Å². The predicted molar refractivity (Wildman–Crippen MR) is 131 cm³/mol. The van der Waals surface area contributed by atoms with Crippen LogP contribution in [0.4, 0.5) is 5.69 Å². The number of hydrogen-bond donors (Lipinski definition) is 1. The minimum absolute atomic E-state index is 0.0600. The zero-order chi connectivity index (χ0) is 22.6. The van der Waals surface area contributed by atoms with Gasteiger partial charge in [-0.15, -0.1) is 0 Å².